The van der Waals surface area contributed by atoms with Crippen molar-refractivity contribution in [2.24, 2.45) is 0 Å². The van der Waals surface area contributed by atoms with Crippen LogP contribution < -0.4 is 9.47 Å². The molecule has 1 heterocycles. The minimum atomic E-state index is -0.485. The number of rotatable bonds is 0. The summed E-state index contributed by atoms with van der Waals surface area (Å²) in [7, 11) is 0. The molecule has 3 aromatic rings. The number of fused-ring (bicyclic) bond motifs is 6. The highest BCUT2D eigenvalue weighted by Gasteiger charge is 2.53. The highest BCUT2D eigenvalue weighted by atomic mass is 16.7. The van der Waals surface area contributed by atoms with Gasteiger partial charge in [0.15, 0.2) is 11.5 Å². The van der Waals surface area contributed by atoms with Gasteiger partial charge in [-0.2, -0.15) is 0 Å². The summed E-state index contributed by atoms with van der Waals surface area (Å²) in [4.78, 5) is 0. The molecule has 3 aliphatic rings. The van der Waals surface area contributed by atoms with Gasteiger partial charge < -0.3 is 9.47 Å². The zero-order valence-electron chi connectivity index (χ0n) is 14.6. The molecular weight excluding hydrogens is 320 g/mol. The predicted octanol–water partition coefficient (Wildman–Crippen LogP) is 5.69. The maximum atomic E-state index is 6.29. The number of para-hydroxylation sites is 2. The summed E-state index contributed by atoms with van der Waals surface area (Å²) >= 11 is 0. The number of ether oxygens (including phenoxy) is 2. The summed E-state index contributed by atoms with van der Waals surface area (Å²) in [6.45, 7) is 0. The predicted molar refractivity (Wildman–Crippen MR) is 102 cm³/mol. The van der Waals surface area contributed by atoms with Gasteiger partial charge in [-0.3, -0.25) is 0 Å². The van der Waals surface area contributed by atoms with Gasteiger partial charge in [0.05, 0.1) is 0 Å². The Bertz CT molecular complexity index is 937. The molecule has 0 amide bonds. The van der Waals surface area contributed by atoms with Crippen molar-refractivity contribution >= 4 is 0 Å². The van der Waals surface area contributed by atoms with Crippen LogP contribution in [0, 0.1) is 0 Å². The van der Waals surface area contributed by atoms with Crippen molar-refractivity contribution in [1.82, 2.24) is 0 Å². The van der Waals surface area contributed by atoms with Gasteiger partial charge in [0.1, 0.15) is 0 Å². The van der Waals surface area contributed by atoms with E-state index in [0.717, 1.165) is 37.2 Å². The molecule has 0 bridgehead atoms. The maximum absolute atomic E-state index is 6.29. The number of hydrogen-bond donors (Lipinski definition) is 0. The van der Waals surface area contributed by atoms with E-state index in [0.29, 0.717) is 0 Å². The average Bonchev–Trinajstić information content (AvgIpc) is 3.19. The largest absolute Gasteiger partial charge is 0.448 e. The molecule has 2 heteroatoms. The third-order valence-corrected chi connectivity index (χ3v) is 6.48. The lowest BCUT2D eigenvalue weighted by Gasteiger charge is -2.42. The SMILES string of the molecule is c1ccc2c(c1)OC1(CCC3(CC1)c1ccccc1-c1ccccc13)O2. The highest BCUT2D eigenvalue weighted by molar-refractivity contribution is 5.81. The van der Waals surface area contributed by atoms with Crippen LogP contribution in [0.1, 0.15) is 36.8 Å². The number of hydrogen-bond acceptors (Lipinski definition) is 2. The number of benzene rings is 3. The van der Waals surface area contributed by atoms with Crippen LogP contribution in [0.3, 0.4) is 0 Å². The Morgan fingerprint density at radius 3 is 1.54 bits per heavy atom. The fourth-order valence-corrected chi connectivity index (χ4v) is 5.26. The van der Waals surface area contributed by atoms with Crippen LogP contribution in [-0.2, 0) is 5.41 Å². The summed E-state index contributed by atoms with van der Waals surface area (Å²) in [5, 5.41) is 0. The summed E-state index contributed by atoms with van der Waals surface area (Å²) in [6, 6.07) is 25.9. The quantitative estimate of drug-likeness (QED) is 0.523. The van der Waals surface area contributed by atoms with Crippen LogP contribution in [0.2, 0.25) is 0 Å². The van der Waals surface area contributed by atoms with Crippen LogP contribution >= 0.6 is 0 Å². The first-order valence-electron chi connectivity index (χ1n) is 9.46. The topological polar surface area (TPSA) is 18.5 Å². The molecule has 2 nitrogen and oxygen atoms in total. The first-order chi connectivity index (χ1) is 12.8. The lowest BCUT2D eigenvalue weighted by Crippen LogP contribution is -2.46. The van der Waals surface area contributed by atoms with Gasteiger partial charge in [-0.05, 0) is 47.2 Å². The first-order valence-corrected chi connectivity index (χ1v) is 9.46. The zero-order chi connectivity index (χ0) is 17.2. The molecule has 1 fully saturated rings. The first kappa shape index (κ1) is 14.4. The molecule has 1 aliphatic heterocycles. The van der Waals surface area contributed by atoms with Crippen molar-refractivity contribution in [3.8, 4) is 22.6 Å². The fourth-order valence-electron chi connectivity index (χ4n) is 5.26. The Morgan fingerprint density at radius 1 is 0.538 bits per heavy atom. The van der Waals surface area contributed by atoms with Gasteiger partial charge in [0.2, 0.25) is 0 Å². The lowest BCUT2D eigenvalue weighted by atomic mass is 9.66. The van der Waals surface area contributed by atoms with E-state index in [1.807, 2.05) is 24.3 Å². The Balaban J connectivity index is 1.40. The monoisotopic (exact) mass is 340 g/mol. The van der Waals surface area contributed by atoms with E-state index >= 15 is 0 Å². The second-order valence-corrected chi connectivity index (χ2v) is 7.73. The third kappa shape index (κ3) is 1.77. The molecule has 0 radical (unpaired) electrons. The molecule has 0 atom stereocenters. The molecule has 1 saturated carbocycles. The Kier molecular flexibility index (Phi) is 2.73. The van der Waals surface area contributed by atoms with E-state index < -0.39 is 5.79 Å². The lowest BCUT2D eigenvalue weighted by molar-refractivity contribution is -0.114. The zero-order valence-corrected chi connectivity index (χ0v) is 14.6. The molecule has 0 unspecified atom stereocenters. The average molecular weight is 340 g/mol. The van der Waals surface area contributed by atoms with Crippen LogP contribution in [0.4, 0.5) is 0 Å². The normalized spacial score (nSPS) is 20.2. The summed E-state index contributed by atoms with van der Waals surface area (Å²) in [6.07, 6.45) is 3.92. The van der Waals surface area contributed by atoms with Crippen molar-refractivity contribution in [3.05, 3.63) is 83.9 Å². The van der Waals surface area contributed by atoms with Gasteiger partial charge in [-0.1, -0.05) is 60.7 Å². The molecule has 0 N–H and O–H groups in total. The van der Waals surface area contributed by atoms with E-state index in [1.54, 1.807) is 0 Å². The van der Waals surface area contributed by atoms with Crippen LogP contribution in [0.5, 0.6) is 11.5 Å². The molecule has 3 aromatic carbocycles. The maximum Gasteiger partial charge on any atom is 0.251 e. The highest BCUT2D eigenvalue weighted by Crippen LogP contribution is 2.58. The minimum absolute atomic E-state index is 0.0972. The summed E-state index contributed by atoms with van der Waals surface area (Å²) in [5.74, 6) is 1.29. The molecule has 2 aliphatic carbocycles. The second-order valence-electron chi connectivity index (χ2n) is 7.73. The van der Waals surface area contributed by atoms with E-state index in [1.165, 1.54) is 22.3 Å². The molecule has 6 rings (SSSR count). The Morgan fingerprint density at radius 2 is 1.00 bits per heavy atom. The van der Waals surface area contributed by atoms with E-state index in [4.69, 9.17) is 9.47 Å². The van der Waals surface area contributed by atoms with Crippen molar-refractivity contribution in [1.29, 1.82) is 0 Å². The van der Waals surface area contributed by atoms with Crippen molar-refractivity contribution in [2.75, 3.05) is 0 Å². The summed E-state index contributed by atoms with van der Waals surface area (Å²) < 4.78 is 12.6. The van der Waals surface area contributed by atoms with Crippen LogP contribution in [-0.4, -0.2) is 5.79 Å². The molecule has 2 spiro atoms. The Labute approximate surface area is 153 Å². The van der Waals surface area contributed by atoms with Gasteiger partial charge in [0, 0.05) is 18.3 Å². The van der Waals surface area contributed by atoms with Crippen molar-refractivity contribution < 1.29 is 9.47 Å². The van der Waals surface area contributed by atoms with Crippen LogP contribution in [0.15, 0.2) is 72.8 Å². The van der Waals surface area contributed by atoms with E-state index in [2.05, 4.69) is 48.5 Å². The van der Waals surface area contributed by atoms with E-state index in [9.17, 15) is 0 Å². The van der Waals surface area contributed by atoms with Gasteiger partial charge in [0.25, 0.3) is 5.79 Å². The van der Waals surface area contributed by atoms with Crippen molar-refractivity contribution in [3.63, 3.8) is 0 Å². The molecule has 0 saturated heterocycles. The molecular formula is C24H20O2. The smallest absolute Gasteiger partial charge is 0.251 e. The Hall–Kier alpha value is -2.74. The van der Waals surface area contributed by atoms with Crippen molar-refractivity contribution in [2.45, 2.75) is 36.9 Å². The van der Waals surface area contributed by atoms with Gasteiger partial charge >= 0.3 is 0 Å². The second kappa shape index (κ2) is 4.91. The molecule has 128 valence electrons. The standard InChI is InChI=1S/C24H20O2/c1-3-9-19-17(7-1)18-8-2-4-10-20(18)23(19)13-15-24(16-14-23)25-21-11-5-6-12-22(21)26-24/h1-12H,13-16H2. The van der Waals surface area contributed by atoms with E-state index in [-0.39, 0.29) is 5.41 Å². The molecule has 26 heavy (non-hydrogen) atoms. The van der Waals surface area contributed by atoms with Crippen LogP contribution in [0.25, 0.3) is 11.1 Å². The fraction of sp³-hybridized carbons (Fsp3) is 0.250. The third-order valence-electron chi connectivity index (χ3n) is 6.48. The van der Waals surface area contributed by atoms with Gasteiger partial charge in [-0.15, -0.1) is 0 Å². The van der Waals surface area contributed by atoms with Gasteiger partial charge in [-0.25, -0.2) is 0 Å². The summed E-state index contributed by atoms with van der Waals surface area (Å²) in [5.41, 5.74) is 5.85. The minimum Gasteiger partial charge on any atom is -0.448 e. The molecule has 0 aromatic heterocycles.